The summed E-state index contributed by atoms with van der Waals surface area (Å²) in [5.41, 5.74) is 0.667. The Morgan fingerprint density at radius 2 is 2.05 bits per heavy atom. The van der Waals surface area contributed by atoms with Gasteiger partial charge in [0, 0.05) is 30.7 Å². The molecule has 0 aromatic carbocycles. The highest BCUT2D eigenvalue weighted by Gasteiger charge is 2.26. The molecular formula is C12H17BrN4O2. The lowest BCUT2D eigenvalue weighted by Gasteiger charge is -2.37. The number of hydrogen-bond donors (Lipinski definition) is 1. The van der Waals surface area contributed by atoms with E-state index < -0.39 is 4.92 Å². The van der Waals surface area contributed by atoms with E-state index in [1.54, 1.807) is 6.92 Å². The molecule has 2 atom stereocenters. The van der Waals surface area contributed by atoms with Gasteiger partial charge in [0.1, 0.15) is 12.0 Å². The first-order valence-electron chi connectivity index (χ1n) is 6.20. The largest absolute Gasteiger partial charge is 0.353 e. The van der Waals surface area contributed by atoms with E-state index >= 15 is 0 Å². The summed E-state index contributed by atoms with van der Waals surface area (Å²) in [5.74, 6) is 0.781. The van der Waals surface area contributed by atoms with Crippen molar-refractivity contribution < 1.29 is 4.92 Å². The van der Waals surface area contributed by atoms with E-state index in [0.717, 1.165) is 18.9 Å². The molecule has 0 bridgehead atoms. The van der Waals surface area contributed by atoms with Crippen molar-refractivity contribution in [1.82, 2.24) is 10.3 Å². The van der Waals surface area contributed by atoms with Crippen LogP contribution in [0.5, 0.6) is 0 Å². The Hall–Kier alpha value is -1.21. The third kappa shape index (κ3) is 2.87. The summed E-state index contributed by atoms with van der Waals surface area (Å²) in [5, 5.41) is 14.3. The number of nitrogens with one attached hydrogen (secondary N) is 1. The SMILES string of the molecule is Cc1c([N+](=O)[O-])cnc(N2CC(C)NC(C)C2)c1Br. The molecule has 2 rings (SSSR count). The topological polar surface area (TPSA) is 71.3 Å². The predicted octanol–water partition coefficient (Wildman–Crippen LogP) is 2.25. The molecule has 1 aromatic heterocycles. The predicted molar refractivity (Wildman–Crippen MR) is 77.6 cm³/mol. The van der Waals surface area contributed by atoms with Crippen LogP contribution in [-0.4, -0.2) is 35.1 Å². The Bertz CT molecular complexity index is 499. The summed E-state index contributed by atoms with van der Waals surface area (Å²) in [6.45, 7) is 7.66. The van der Waals surface area contributed by atoms with Crippen LogP contribution in [0, 0.1) is 17.0 Å². The van der Waals surface area contributed by atoms with Crippen LogP contribution in [0.3, 0.4) is 0 Å². The average molecular weight is 329 g/mol. The highest BCUT2D eigenvalue weighted by Crippen LogP contribution is 2.33. The van der Waals surface area contributed by atoms with Crippen molar-refractivity contribution in [2.75, 3.05) is 18.0 Å². The van der Waals surface area contributed by atoms with Gasteiger partial charge in [-0.1, -0.05) is 0 Å². The number of aromatic nitrogens is 1. The van der Waals surface area contributed by atoms with Gasteiger partial charge in [-0.15, -0.1) is 0 Å². The molecule has 1 aromatic rings. The number of anilines is 1. The van der Waals surface area contributed by atoms with E-state index in [9.17, 15) is 10.1 Å². The van der Waals surface area contributed by atoms with Gasteiger partial charge in [-0.2, -0.15) is 0 Å². The number of nitrogens with zero attached hydrogens (tertiary/aromatic N) is 3. The monoisotopic (exact) mass is 328 g/mol. The molecule has 2 unspecified atom stereocenters. The second-order valence-electron chi connectivity index (χ2n) is 5.04. The van der Waals surface area contributed by atoms with E-state index in [2.05, 4.69) is 45.0 Å². The third-order valence-electron chi connectivity index (χ3n) is 3.27. The maximum Gasteiger partial charge on any atom is 0.291 e. The Balaban J connectivity index is 2.35. The average Bonchev–Trinajstić information content (AvgIpc) is 2.30. The molecule has 6 nitrogen and oxygen atoms in total. The van der Waals surface area contributed by atoms with E-state index in [-0.39, 0.29) is 5.69 Å². The molecule has 1 fully saturated rings. The van der Waals surface area contributed by atoms with Crippen LogP contribution >= 0.6 is 15.9 Å². The zero-order valence-electron chi connectivity index (χ0n) is 11.2. The zero-order valence-corrected chi connectivity index (χ0v) is 12.8. The zero-order chi connectivity index (χ0) is 14.2. The minimum absolute atomic E-state index is 0.0480. The van der Waals surface area contributed by atoms with Gasteiger partial charge in [0.05, 0.1) is 9.40 Å². The lowest BCUT2D eigenvalue weighted by Crippen LogP contribution is -2.54. The van der Waals surface area contributed by atoms with Crippen LogP contribution in [0.4, 0.5) is 11.5 Å². The first kappa shape index (κ1) is 14.2. The summed E-state index contributed by atoms with van der Waals surface area (Å²) < 4.78 is 0.711. The number of nitro groups is 1. The fourth-order valence-corrected chi connectivity index (χ4v) is 3.02. The summed E-state index contributed by atoms with van der Waals surface area (Å²) in [6.07, 6.45) is 1.34. The van der Waals surface area contributed by atoms with Crippen molar-refractivity contribution in [1.29, 1.82) is 0 Å². The molecule has 2 heterocycles. The second-order valence-corrected chi connectivity index (χ2v) is 5.83. The molecule has 0 radical (unpaired) electrons. The Morgan fingerprint density at radius 3 is 2.58 bits per heavy atom. The Kier molecular flexibility index (Phi) is 4.05. The molecule has 0 aliphatic carbocycles. The van der Waals surface area contributed by atoms with Crippen LogP contribution in [-0.2, 0) is 0 Å². The fourth-order valence-electron chi connectivity index (χ4n) is 2.46. The van der Waals surface area contributed by atoms with Crippen LogP contribution in [0.25, 0.3) is 0 Å². The summed E-state index contributed by atoms with van der Waals surface area (Å²) in [6, 6.07) is 0.737. The standard InChI is InChI=1S/C12H17BrN4O2/c1-7-5-16(6-8(2)15-7)12-11(13)9(3)10(4-14-12)17(18)19/h4,7-8,15H,5-6H2,1-3H3. The highest BCUT2D eigenvalue weighted by atomic mass is 79.9. The molecule has 7 heteroatoms. The van der Waals surface area contributed by atoms with Crippen molar-refractivity contribution in [3.05, 3.63) is 26.3 Å². The quantitative estimate of drug-likeness (QED) is 0.666. The molecule has 104 valence electrons. The van der Waals surface area contributed by atoms with Gasteiger partial charge in [0.25, 0.3) is 5.69 Å². The van der Waals surface area contributed by atoms with Crippen molar-refractivity contribution in [2.24, 2.45) is 0 Å². The molecule has 1 aliphatic heterocycles. The number of pyridine rings is 1. The Morgan fingerprint density at radius 1 is 1.47 bits per heavy atom. The lowest BCUT2D eigenvalue weighted by molar-refractivity contribution is -0.385. The second kappa shape index (κ2) is 5.42. The minimum atomic E-state index is -0.403. The first-order valence-corrected chi connectivity index (χ1v) is 7.00. The number of halogens is 1. The molecule has 1 N–H and O–H groups in total. The van der Waals surface area contributed by atoms with Crippen molar-refractivity contribution >= 4 is 27.4 Å². The van der Waals surface area contributed by atoms with Crippen LogP contribution in [0.15, 0.2) is 10.7 Å². The van der Waals surface area contributed by atoms with Gasteiger partial charge in [-0.25, -0.2) is 4.98 Å². The van der Waals surface area contributed by atoms with Gasteiger partial charge in [-0.05, 0) is 36.7 Å². The summed E-state index contributed by atoms with van der Waals surface area (Å²) >= 11 is 3.45. The Labute approximate surface area is 120 Å². The normalized spacial score (nSPS) is 23.5. The van der Waals surface area contributed by atoms with Gasteiger partial charge in [0.2, 0.25) is 0 Å². The number of rotatable bonds is 2. The molecule has 1 aliphatic rings. The van der Waals surface area contributed by atoms with Crippen molar-refractivity contribution in [2.45, 2.75) is 32.9 Å². The third-order valence-corrected chi connectivity index (χ3v) is 4.22. The van der Waals surface area contributed by atoms with E-state index in [1.807, 2.05) is 0 Å². The fraction of sp³-hybridized carbons (Fsp3) is 0.583. The van der Waals surface area contributed by atoms with Gasteiger partial charge in [0.15, 0.2) is 0 Å². The van der Waals surface area contributed by atoms with E-state index in [4.69, 9.17) is 0 Å². The van der Waals surface area contributed by atoms with Crippen LogP contribution in [0.2, 0.25) is 0 Å². The summed E-state index contributed by atoms with van der Waals surface area (Å²) in [7, 11) is 0. The van der Waals surface area contributed by atoms with Crippen LogP contribution < -0.4 is 10.2 Å². The maximum absolute atomic E-state index is 10.9. The first-order chi connectivity index (χ1) is 8.90. The van der Waals surface area contributed by atoms with E-state index in [1.165, 1.54) is 6.20 Å². The molecule has 0 saturated carbocycles. The van der Waals surface area contributed by atoms with Crippen molar-refractivity contribution in [3.63, 3.8) is 0 Å². The minimum Gasteiger partial charge on any atom is -0.353 e. The van der Waals surface area contributed by atoms with Crippen molar-refractivity contribution in [3.8, 4) is 0 Å². The molecule has 0 amide bonds. The number of hydrogen-bond acceptors (Lipinski definition) is 5. The number of piperazine rings is 1. The van der Waals surface area contributed by atoms with Gasteiger partial charge >= 0.3 is 0 Å². The molecule has 1 saturated heterocycles. The smallest absolute Gasteiger partial charge is 0.291 e. The summed E-state index contributed by atoms with van der Waals surface area (Å²) in [4.78, 5) is 16.9. The lowest BCUT2D eigenvalue weighted by atomic mass is 10.1. The van der Waals surface area contributed by atoms with E-state index in [0.29, 0.717) is 22.1 Å². The van der Waals surface area contributed by atoms with Gasteiger partial charge in [-0.3, -0.25) is 10.1 Å². The van der Waals surface area contributed by atoms with Gasteiger partial charge < -0.3 is 10.2 Å². The highest BCUT2D eigenvalue weighted by molar-refractivity contribution is 9.10. The molecule has 0 spiro atoms. The maximum atomic E-state index is 10.9. The van der Waals surface area contributed by atoms with Crippen LogP contribution in [0.1, 0.15) is 19.4 Å². The molecule has 19 heavy (non-hydrogen) atoms. The molecular weight excluding hydrogens is 312 g/mol.